The molecule has 252 valence electrons. The van der Waals surface area contributed by atoms with Crippen LogP contribution in [0.2, 0.25) is 0 Å². The van der Waals surface area contributed by atoms with Gasteiger partial charge in [-0.2, -0.15) is 13.2 Å². The molecule has 0 aliphatic carbocycles. The fourth-order valence-corrected chi connectivity index (χ4v) is 6.26. The maximum absolute atomic E-state index is 14.2. The third-order valence-corrected chi connectivity index (χ3v) is 8.57. The number of likely N-dealkylation sites (tertiary alicyclic amines) is 1. The summed E-state index contributed by atoms with van der Waals surface area (Å²) < 4.78 is 41.7. The summed E-state index contributed by atoms with van der Waals surface area (Å²) in [4.78, 5) is 42.0. The van der Waals surface area contributed by atoms with Gasteiger partial charge in [0.2, 0.25) is 11.8 Å². The van der Waals surface area contributed by atoms with Crippen molar-refractivity contribution in [2.45, 2.75) is 91.7 Å². The van der Waals surface area contributed by atoms with Crippen LogP contribution in [0.3, 0.4) is 0 Å². The topological polar surface area (TPSA) is 77.9 Å². The molecular weight excluding hydrogens is 605 g/mol. The summed E-state index contributed by atoms with van der Waals surface area (Å²) in [6, 6.07) is 3.70. The third kappa shape index (κ3) is 11.5. The van der Waals surface area contributed by atoms with Crippen LogP contribution in [-0.4, -0.2) is 64.7 Å². The number of carbonyl (C=O) groups is 3. The second kappa shape index (κ2) is 17.2. The Morgan fingerprint density at radius 2 is 1.71 bits per heavy atom. The largest absolute Gasteiger partial charge is 0.481 e. The van der Waals surface area contributed by atoms with Crippen LogP contribution in [0.15, 0.2) is 42.5 Å². The zero-order chi connectivity index (χ0) is 33.9. The Bertz CT molecular complexity index is 1200. The average molecular weight is 655 g/mol. The highest BCUT2D eigenvalue weighted by molar-refractivity contribution is 6.18. The lowest BCUT2D eigenvalue weighted by Gasteiger charge is -2.34. The molecule has 3 rings (SSSR count). The number of allylic oxidation sites excluding steroid dienone is 4. The molecule has 0 saturated carbocycles. The molecule has 2 aliphatic heterocycles. The standard InChI is InChI=1S/C33H44ClF3N2O4.C2H6/c1-22(9-7-5-6-8-14-34)28-20-39(21-29(40)38-15-12-23(13-16-38)17-30(41)42)31(43)27(19-32(2,3)4)25-11-10-24(18-26(25)28)33(35,36)37;1-2/h6-11,18,22-23,27-28H,5,12-17,19-21H2,1-4H3,(H,41,42);1-2H3/b8-6-,9-7-;. The fraction of sp³-hybridized carbons (Fsp3) is 0.629. The molecule has 6 nitrogen and oxygen atoms in total. The van der Waals surface area contributed by atoms with Crippen LogP contribution < -0.4 is 0 Å². The van der Waals surface area contributed by atoms with Crippen LogP contribution >= 0.6 is 11.6 Å². The van der Waals surface area contributed by atoms with E-state index in [1.807, 2.05) is 65.8 Å². The third-order valence-electron chi connectivity index (χ3n) is 8.39. The molecule has 1 fully saturated rings. The highest BCUT2D eigenvalue weighted by Crippen LogP contribution is 2.44. The van der Waals surface area contributed by atoms with Gasteiger partial charge in [-0.25, -0.2) is 0 Å². The zero-order valence-corrected chi connectivity index (χ0v) is 28.3. The van der Waals surface area contributed by atoms with Crippen molar-refractivity contribution in [2.75, 3.05) is 32.1 Å². The van der Waals surface area contributed by atoms with E-state index in [4.69, 9.17) is 16.7 Å². The molecule has 3 atom stereocenters. The van der Waals surface area contributed by atoms with Gasteiger partial charge in [0.25, 0.3) is 0 Å². The maximum Gasteiger partial charge on any atom is 0.416 e. The average Bonchev–Trinajstić information content (AvgIpc) is 3.07. The lowest BCUT2D eigenvalue weighted by molar-refractivity contribution is -0.143. The Kier molecular flexibility index (Phi) is 14.7. The van der Waals surface area contributed by atoms with Crippen molar-refractivity contribution in [3.63, 3.8) is 0 Å². The van der Waals surface area contributed by atoms with Crippen molar-refractivity contribution in [3.8, 4) is 0 Å². The summed E-state index contributed by atoms with van der Waals surface area (Å²) in [7, 11) is 0. The number of rotatable bonds is 10. The number of benzene rings is 1. The number of carboxylic acid groups (broad SMARTS) is 1. The number of nitrogens with zero attached hydrogens (tertiary/aromatic N) is 2. The predicted molar refractivity (Wildman–Crippen MR) is 173 cm³/mol. The van der Waals surface area contributed by atoms with Gasteiger partial charge < -0.3 is 14.9 Å². The smallest absolute Gasteiger partial charge is 0.416 e. The first-order chi connectivity index (χ1) is 21.1. The van der Waals surface area contributed by atoms with E-state index in [-0.39, 0.29) is 48.6 Å². The highest BCUT2D eigenvalue weighted by atomic mass is 35.5. The van der Waals surface area contributed by atoms with Crippen LogP contribution in [0.4, 0.5) is 13.2 Å². The number of hydrogen-bond acceptors (Lipinski definition) is 3. The van der Waals surface area contributed by atoms with Crippen LogP contribution in [-0.2, 0) is 20.6 Å². The van der Waals surface area contributed by atoms with Crippen molar-refractivity contribution in [2.24, 2.45) is 17.3 Å². The number of halogens is 4. The number of hydrogen-bond donors (Lipinski definition) is 1. The number of amides is 2. The summed E-state index contributed by atoms with van der Waals surface area (Å²) in [5, 5.41) is 9.12. The second-order valence-corrected chi connectivity index (χ2v) is 13.4. The zero-order valence-electron chi connectivity index (χ0n) is 27.5. The van der Waals surface area contributed by atoms with Gasteiger partial charge in [-0.3, -0.25) is 14.4 Å². The summed E-state index contributed by atoms with van der Waals surface area (Å²) in [6.07, 6.45) is 5.33. The van der Waals surface area contributed by atoms with E-state index in [9.17, 15) is 27.6 Å². The van der Waals surface area contributed by atoms with Gasteiger partial charge in [0, 0.05) is 37.9 Å². The van der Waals surface area contributed by atoms with Crippen LogP contribution in [0.5, 0.6) is 0 Å². The van der Waals surface area contributed by atoms with E-state index in [0.29, 0.717) is 55.8 Å². The van der Waals surface area contributed by atoms with E-state index in [1.54, 1.807) is 4.90 Å². The number of piperidine rings is 1. The number of carboxylic acids is 1. The Hall–Kier alpha value is -2.81. The maximum atomic E-state index is 14.2. The number of fused-ring (bicyclic) bond motifs is 1. The van der Waals surface area contributed by atoms with E-state index < -0.39 is 29.5 Å². The first-order valence-corrected chi connectivity index (χ1v) is 16.5. The lowest BCUT2D eigenvalue weighted by atomic mass is 9.76. The summed E-state index contributed by atoms with van der Waals surface area (Å²) in [5.74, 6) is -2.34. The molecule has 1 aromatic rings. The number of carbonyl (C=O) groups excluding carboxylic acids is 2. The van der Waals surface area contributed by atoms with E-state index in [0.717, 1.165) is 6.07 Å². The van der Waals surface area contributed by atoms with E-state index in [2.05, 4.69) is 0 Å². The first-order valence-electron chi connectivity index (χ1n) is 16.0. The quantitative estimate of drug-likeness (QED) is 0.204. The fourth-order valence-electron chi connectivity index (χ4n) is 6.13. The van der Waals surface area contributed by atoms with Gasteiger partial charge in [0.15, 0.2) is 0 Å². The molecule has 0 spiro atoms. The van der Waals surface area contributed by atoms with Crippen molar-refractivity contribution in [3.05, 3.63) is 59.2 Å². The van der Waals surface area contributed by atoms with Gasteiger partial charge in [-0.1, -0.05) is 71.9 Å². The highest BCUT2D eigenvalue weighted by Gasteiger charge is 2.41. The van der Waals surface area contributed by atoms with Gasteiger partial charge in [-0.05, 0) is 66.2 Å². The van der Waals surface area contributed by atoms with Crippen molar-refractivity contribution >= 4 is 29.4 Å². The molecule has 2 amide bonds. The van der Waals surface area contributed by atoms with Crippen molar-refractivity contribution in [1.29, 1.82) is 0 Å². The van der Waals surface area contributed by atoms with Crippen molar-refractivity contribution < 1.29 is 32.7 Å². The second-order valence-electron chi connectivity index (χ2n) is 13.1. The lowest BCUT2D eigenvalue weighted by Crippen LogP contribution is -2.47. The summed E-state index contributed by atoms with van der Waals surface area (Å²) in [5.41, 5.74) is 0.0235. The monoisotopic (exact) mass is 654 g/mol. The molecular formula is C35H50ClF3N2O4. The van der Waals surface area contributed by atoms with Gasteiger partial charge in [-0.15, -0.1) is 11.6 Å². The van der Waals surface area contributed by atoms with Crippen LogP contribution in [0, 0.1) is 17.3 Å². The molecule has 45 heavy (non-hydrogen) atoms. The van der Waals surface area contributed by atoms with Gasteiger partial charge in [0.05, 0.1) is 18.0 Å². The Labute approximate surface area is 271 Å². The number of alkyl halides is 4. The Balaban J connectivity index is 0.00000345. The Morgan fingerprint density at radius 1 is 1.07 bits per heavy atom. The molecule has 1 N–H and O–H groups in total. The normalized spacial score (nSPS) is 20.5. The number of aliphatic carboxylic acids is 1. The molecule has 0 aromatic heterocycles. The summed E-state index contributed by atoms with van der Waals surface area (Å²) in [6.45, 7) is 12.7. The molecule has 1 saturated heterocycles. The molecule has 1 aromatic carbocycles. The first kappa shape index (κ1) is 38.4. The van der Waals surface area contributed by atoms with Gasteiger partial charge >= 0.3 is 12.1 Å². The molecule has 10 heteroatoms. The molecule has 3 unspecified atom stereocenters. The van der Waals surface area contributed by atoms with E-state index in [1.165, 1.54) is 17.0 Å². The molecule has 2 heterocycles. The molecule has 2 aliphatic rings. The minimum Gasteiger partial charge on any atom is -0.481 e. The predicted octanol–water partition coefficient (Wildman–Crippen LogP) is 8.27. The Morgan fingerprint density at radius 3 is 2.27 bits per heavy atom. The molecule has 0 bridgehead atoms. The SMILES string of the molecule is CC.CC(/C=C\C/C=C\CCl)C1CN(CC(=O)N2CCC(CC(=O)O)CC2)C(=O)C(CC(C)(C)C)c2ccc(C(F)(F)F)cc21. The minimum absolute atomic E-state index is 0.00570. The summed E-state index contributed by atoms with van der Waals surface area (Å²) >= 11 is 5.71. The van der Waals surface area contributed by atoms with Crippen LogP contribution in [0.25, 0.3) is 0 Å². The van der Waals surface area contributed by atoms with Gasteiger partial charge in [0.1, 0.15) is 0 Å². The minimum atomic E-state index is -4.54. The van der Waals surface area contributed by atoms with Crippen LogP contribution in [0.1, 0.15) is 102 Å². The van der Waals surface area contributed by atoms with Crippen molar-refractivity contribution in [1.82, 2.24) is 9.80 Å². The molecule has 0 radical (unpaired) electrons. The van der Waals surface area contributed by atoms with E-state index >= 15 is 0 Å².